The molecule has 4 nitrogen and oxygen atoms in total. The van der Waals surface area contributed by atoms with Gasteiger partial charge in [0.05, 0.1) is 6.61 Å². The van der Waals surface area contributed by atoms with Gasteiger partial charge >= 0.3 is 5.97 Å². The van der Waals surface area contributed by atoms with Crippen LogP contribution < -0.4 is 0 Å². The normalized spacial score (nSPS) is 11.0. The van der Waals surface area contributed by atoms with Crippen molar-refractivity contribution in [2.45, 2.75) is 20.3 Å². The van der Waals surface area contributed by atoms with Gasteiger partial charge in [-0.3, -0.25) is 0 Å². The topological polar surface area (TPSA) is 52.3 Å². The Hall–Kier alpha value is -1.95. The largest absolute Gasteiger partial charge is 0.460 e. The maximum Gasteiger partial charge on any atom is 0.376 e. The van der Waals surface area contributed by atoms with Crippen molar-refractivity contribution in [1.29, 1.82) is 0 Å². The number of benzene rings is 1. The van der Waals surface area contributed by atoms with Gasteiger partial charge in [0.15, 0.2) is 5.69 Å². The molecule has 0 radical (unpaired) electrons. The van der Waals surface area contributed by atoms with Crippen LogP contribution in [0.25, 0.3) is 11.5 Å². The third-order valence-corrected chi connectivity index (χ3v) is 3.15. The standard InChI is InChI=1S/C14H12ClF2NO3/c1-3-20-14(19)11-10(12(16)17)18-13(21-11)8-4-5-9(15)7(2)6-8/h4-6,12H,3H2,1-2H3. The molecule has 1 aromatic heterocycles. The molecule has 0 bridgehead atoms. The Bertz CT molecular complexity index is 670. The summed E-state index contributed by atoms with van der Waals surface area (Å²) in [6.45, 7) is 3.38. The van der Waals surface area contributed by atoms with Gasteiger partial charge in [-0.25, -0.2) is 18.6 Å². The van der Waals surface area contributed by atoms with Crippen LogP contribution in [0.5, 0.6) is 0 Å². The van der Waals surface area contributed by atoms with Crippen LogP contribution in [0.2, 0.25) is 5.02 Å². The van der Waals surface area contributed by atoms with E-state index in [9.17, 15) is 13.6 Å². The molecule has 0 spiro atoms. The molecule has 0 saturated heterocycles. The molecule has 1 heterocycles. The van der Waals surface area contributed by atoms with Crippen molar-refractivity contribution in [2.75, 3.05) is 6.61 Å². The highest BCUT2D eigenvalue weighted by Gasteiger charge is 2.28. The molecular formula is C14H12ClF2NO3. The highest BCUT2D eigenvalue weighted by molar-refractivity contribution is 6.31. The summed E-state index contributed by atoms with van der Waals surface area (Å²) in [5.41, 5.74) is 0.467. The molecule has 0 aliphatic heterocycles. The van der Waals surface area contributed by atoms with Crippen LogP contribution in [0.4, 0.5) is 8.78 Å². The molecule has 0 unspecified atom stereocenters. The number of rotatable bonds is 4. The summed E-state index contributed by atoms with van der Waals surface area (Å²) < 4.78 is 35.7. The van der Waals surface area contributed by atoms with E-state index in [1.54, 1.807) is 32.0 Å². The van der Waals surface area contributed by atoms with Crippen molar-refractivity contribution in [1.82, 2.24) is 4.98 Å². The second-order valence-electron chi connectivity index (χ2n) is 4.22. The number of ether oxygens (including phenoxy) is 1. The first-order valence-electron chi connectivity index (χ1n) is 6.16. The van der Waals surface area contributed by atoms with E-state index in [1.807, 2.05) is 0 Å². The SMILES string of the molecule is CCOC(=O)c1oc(-c2ccc(Cl)c(C)c2)nc1C(F)F. The third kappa shape index (κ3) is 3.21. The number of nitrogens with zero attached hydrogens (tertiary/aromatic N) is 1. The number of aromatic nitrogens is 1. The second-order valence-corrected chi connectivity index (χ2v) is 4.63. The van der Waals surface area contributed by atoms with Gasteiger partial charge in [-0.15, -0.1) is 0 Å². The number of aryl methyl sites for hydroxylation is 1. The second kappa shape index (κ2) is 6.22. The van der Waals surface area contributed by atoms with Crippen LogP contribution in [-0.4, -0.2) is 17.6 Å². The monoisotopic (exact) mass is 315 g/mol. The van der Waals surface area contributed by atoms with E-state index >= 15 is 0 Å². The summed E-state index contributed by atoms with van der Waals surface area (Å²) in [7, 11) is 0. The molecule has 1 aromatic carbocycles. The molecule has 21 heavy (non-hydrogen) atoms. The summed E-state index contributed by atoms with van der Waals surface area (Å²) in [4.78, 5) is 15.3. The molecule has 0 saturated carbocycles. The number of alkyl halides is 2. The quantitative estimate of drug-likeness (QED) is 0.784. The van der Waals surface area contributed by atoms with Gasteiger partial charge < -0.3 is 9.15 Å². The third-order valence-electron chi connectivity index (χ3n) is 2.73. The number of esters is 1. The van der Waals surface area contributed by atoms with Crippen LogP contribution >= 0.6 is 11.6 Å². The fraction of sp³-hybridized carbons (Fsp3) is 0.286. The van der Waals surface area contributed by atoms with Crippen molar-refractivity contribution < 1.29 is 22.7 Å². The zero-order valence-electron chi connectivity index (χ0n) is 11.3. The van der Waals surface area contributed by atoms with Crippen LogP contribution in [0.15, 0.2) is 22.6 Å². The first-order chi connectivity index (χ1) is 9.93. The molecule has 0 aliphatic carbocycles. The van der Waals surface area contributed by atoms with E-state index in [0.717, 1.165) is 5.56 Å². The summed E-state index contributed by atoms with van der Waals surface area (Å²) in [6, 6.07) is 4.81. The Kier molecular flexibility index (Phi) is 4.57. The number of carbonyl (C=O) groups is 1. The number of carbonyl (C=O) groups excluding carboxylic acids is 1. The van der Waals surface area contributed by atoms with Crippen molar-refractivity contribution in [2.24, 2.45) is 0 Å². The van der Waals surface area contributed by atoms with Crippen molar-refractivity contribution in [3.63, 3.8) is 0 Å². The van der Waals surface area contributed by atoms with E-state index in [2.05, 4.69) is 9.72 Å². The fourth-order valence-corrected chi connectivity index (χ4v) is 1.84. The summed E-state index contributed by atoms with van der Waals surface area (Å²) in [6.07, 6.45) is -2.93. The molecule has 2 rings (SSSR count). The molecule has 0 amide bonds. The lowest BCUT2D eigenvalue weighted by Crippen LogP contribution is -2.06. The Labute approximate surface area is 124 Å². The maximum atomic E-state index is 12.9. The molecular weight excluding hydrogens is 304 g/mol. The molecule has 7 heteroatoms. The fourth-order valence-electron chi connectivity index (χ4n) is 1.72. The molecule has 0 fully saturated rings. The van der Waals surface area contributed by atoms with E-state index in [-0.39, 0.29) is 12.5 Å². The zero-order valence-corrected chi connectivity index (χ0v) is 12.1. The first-order valence-corrected chi connectivity index (χ1v) is 6.54. The summed E-state index contributed by atoms with van der Waals surface area (Å²) >= 11 is 5.90. The van der Waals surface area contributed by atoms with Gasteiger partial charge in [-0.2, -0.15) is 0 Å². The van der Waals surface area contributed by atoms with Crippen LogP contribution in [0.3, 0.4) is 0 Å². The van der Waals surface area contributed by atoms with E-state index in [1.165, 1.54) is 0 Å². The van der Waals surface area contributed by atoms with Crippen LogP contribution in [-0.2, 0) is 4.74 Å². The van der Waals surface area contributed by atoms with Crippen molar-refractivity contribution in [3.8, 4) is 11.5 Å². The van der Waals surface area contributed by atoms with Crippen molar-refractivity contribution >= 4 is 17.6 Å². The molecule has 112 valence electrons. The average molecular weight is 316 g/mol. The first kappa shape index (κ1) is 15.4. The zero-order chi connectivity index (χ0) is 15.6. The predicted octanol–water partition coefficient (Wildman–Crippen LogP) is 4.42. The average Bonchev–Trinajstić information content (AvgIpc) is 2.87. The van der Waals surface area contributed by atoms with Gasteiger partial charge in [-0.1, -0.05) is 11.6 Å². The highest BCUT2D eigenvalue weighted by Crippen LogP contribution is 2.30. The van der Waals surface area contributed by atoms with Gasteiger partial charge in [0.2, 0.25) is 11.7 Å². The van der Waals surface area contributed by atoms with Gasteiger partial charge in [0, 0.05) is 10.6 Å². The van der Waals surface area contributed by atoms with Gasteiger partial charge in [-0.05, 0) is 37.6 Å². The van der Waals surface area contributed by atoms with E-state index in [4.69, 9.17) is 16.0 Å². The minimum Gasteiger partial charge on any atom is -0.460 e. The van der Waals surface area contributed by atoms with E-state index in [0.29, 0.717) is 10.6 Å². The maximum absolute atomic E-state index is 12.9. The smallest absolute Gasteiger partial charge is 0.376 e. The highest BCUT2D eigenvalue weighted by atomic mass is 35.5. The molecule has 0 aliphatic rings. The van der Waals surface area contributed by atoms with Crippen molar-refractivity contribution in [3.05, 3.63) is 40.2 Å². The molecule has 0 N–H and O–H groups in total. The number of oxazole rings is 1. The summed E-state index contributed by atoms with van der Waals surface area (Å²) in [5, 5.41) is 0.532. The minimum atomic E-state index is -2.93. The number of hydrogen-bond donors (Lipinski definition) is 0. The predicted molar refractivity (Wildman–Crippen MR) is 72.6 cm³/mol. The van der Waals surface area contributed by atoms with E-state index < -0.39 is 23.8 Å². The summed E-state index contributed by atoms with van der Waals surface area (Å²) in [5.74, 6) is -1.61. The van der Waals surface area contributed by atoms with Gasteiger partial charge in [0.25, 0.3) is 6.43 Å². The Morgan fingerprint density at radius 2 is 2.19 bits per heavy atom. The minimum absolute atomic E-state index is 0.0532. The Balaban J connectivity index is 2.48. The number of hydrogen-bond acceptors (Lipinski definition) is 4. The molecule has 2 aromatic rings. The lowest BCUT2D eigenvalue weighted by molar-refractivity contribution is 0.0476. The Morgan fingerprint density at radius 1 is 1.48 bits per heavy atom. The Morgan fingerprint density at radius 3 is 2.76 bits per heavy atom. The van der Waals surface area contributed by atoms with Crippen LogP contribution in [0, 0.1) is 6.92 Å². The number of halogens is 3. The lowest BCUT2D eigenvalue weighted by Gasteiger charge is -2.00. The lowest BCUT2D eigenvalue weighted by atomic mass is 10.1. The van der Waals surface area contributed by atoms with Crippen LogP contribution in [0.1, 0.15) is 35.2 Å². The molecule has 0 atom stereocenters. The van der Waals surface area contributed by atoms with Gasteiger partial charge in [0.1, 0.15) is 0 Å².